The van der Waals surface area contributed by atoms with Gasteiger partial charge in [-0.15, -0.1) is 0 Å². The fraction of sp³-hybridized carbons (Fsp3) is 0.486. The van der Waals surface area contributed by atoms with Crippen LogP contribution in [0.3, 0.4) is 0 Å². The fourth-order valence-corrected chi connectivity index (χ4v) is 6.03. The second kappa shape index (κ2) is 16.6. The van der Waals surface area contributed by atoms with Gasteiger partial charge in [-0.1, -0.05) is 26.0 Å². The Morgan fingerprint density at radius 1 is 0.923 bits per heavy atom. The molecule has 0 radical (unpaired) electrons. The number of aromatic nitrogens is 1. The first-order chi connectivity index (χ1) is 24.0. The van der Waals surface area contributed by atoms with Gasteiger partial charge >= 0.3 is 18.3 Å². The number of nitrogens with zero attached hydrogens (tertiary/aromatic N) is 2. The predicted octanol–water partition coefficient (Wildman–Crippen LogP) is 8.26. The van der Waals surface area contributed by atoms with Crippen LogP contribution < -0.4 is 10.9 Å². The summed E-state index contributed by atoms with van der Waals surface area (Å²) in [5.74, 6) is -6.24. The SMILES string of the molecule is CCOC(=O)CC(NC(=O)C(CC(C)C)n1cc(CCN(C)C)c(C(F)(F)F)cc1=O)c1c(F)c(-c2c(C)ccc(C)c2C)cc(C(F)(F)F)c1F. The van der Waals surface area contributed by atoms with E-state index in [0.717, 1.165) is 10.8 Å². The van der Waals surface area contributed by atoms with Gasteiger partial charge in [0.2, 0.25) is 5.91 Å². The molecule has 1 N–H and O–H groups in total. The van der Waals surface area contributed by atoms with Gasteiger partial charge in [0, 0.05) is 29.9 Å². The van der Waals surface area contributed by atoms with E-state index in [0.29, 0.717) is 28.8 Å². The molecule has 0 fully saturated rings. The van der Waals surface area contributed by atoms with Crippen LogP contribution in [0.15, 0.2) is 35.3 Å². The van der Waals surface area contributed by atoms with E-state index in [1.165, 1.54) is 13.8 Å². The number of halogens is 8. The van der Waals surface area contributed by atoms with Crippen molar-refractivity contribution in [2.45, 2.75) is 85.2 Å². The molecule has 2 atom stereocenters. The number of nitrogens with one attached hydrogen (secondary N) is 1. The molecule has 0 spiro atoms. The predicted molar refractivity (Wildman–Crippen MR) is 180 cm³/mol. The van der Waals surface area contributed by atoms with Gasteiger partial charge in [-0.2, -0.15) is 26.3 Å². The molecule has 2 unspecified atom stereocenters. The Labute approximate surface area is 297 Å². The van der Waals surface area contributed by atoms with Crippen LogP contribution in [0.5, 0.6) is 0 Å². The first kappa shape index (κ1) is 42.1. The Balaban J connectivity index is 2.33. The zero-order valence-electron chi connectivity index (χ0n) is 30.2. The number of likely N-dealkylation sites (N-methyl/N-ethyl adjacent to an activating group) is 1. The zero-order valence-corrected chi connectivity index (χ0v) is 30.2. The molecule has 7 nitrogen and oxygen atoms in total. The number of hydrogen-bond donors (Lipinski definition) is 1. The number of aryl methyl sites for hydroxylation is 2. The summed E-state index contributed by atoms with van der Waals surface area (Å²) in [7, 11) is 3.25. The minimum atomic E-state index is -5.35. The number of benzene rings is 2. The van der Waals surface area contributed by atoms with E-state index in [9.17, 15) is 40.7 Å². The largest absolute Gasteiger partial charge is 0.466 e. The van der Waals surface area contributed by atoms with Crippen LogP contribution in [0, 0.1) is 38.3 Å². The van der Waals surface area contributed by atoms with Crippen molar-refractivity contribution in [1.29, 1.82) is 0 Å². The maximum Gasteiger partial charge on any atom is 0.419 e. The van der Waals surface area contributed by atoms with E-state index in [1.807, 2.05) is 0 Å². The Morgan fingerprint density at radius 2 is 1.52 bits per heavy atom. The molecule has 286 valence electrons. The smallest absolute Gasteiger partial charge is 0.419 e. The normalized spacial score (nSPS) is 13.4. The molecular weight excluding hydrogens is 702 g/mol. The summed E-state index contributed by atoms with van der Waals surface area (Å²) in [5, 5.41) is 2.27. The van der Waals surface area contributed by atoms with Crippen molar-refractivity contribution in [3.05, 3.63) is 91.4 Å². The van der Waals surface area contributed by atoms with Crippen molar-refractivity contribution < 1.29 is 49.4 Å². The maximum atomic E-state index is 16.7. The molecule has 2 aromatic carbocycles. The maximum absolute atomic E-state index is 16.7. The zero-order chi connectivity index (χ0) is 39.5. The van der Waals surface area contributed by atoms with Crippen LogP contribution in [0.2, 0.25) is 0 Å². The lowest BCUT2D eigenvalue weighted by molar-refractivity contribution is -0.144. The number of rotatable bonds is 13. The van der Waals surface area contributed by atoms with Gasteiger partial charge in [-0.25, -0.2) is 8.78 Å². The molecular formula is C37H43F8N3O4. The summed E-state index contributed by atoms with van der Waals surface area (Å²) >= 11 is 0. The number of amides is 1. The molecule has 1 amide bonds. The lowest BCUT2D eigenvalue weighted by atomic mass is 9.87. The van der Waals surface area contributed by atoms with E-state index in [1.54, 1.807) is 58.8 Å². The van der Waals surface area contributed by atoms with E-state index in [4.69, 9.17) is 4.74 Å². The standard InChI is InChI=1S/C37H43F8N3O4/c1-9-52-30(50)17-27(32-33(38)24(15-26(34(32)39)37(43,44)45)31-21(5)11-10-20(4)22(31)6)46-35(51)28(14-19(2)3)48-18-23(12-13-47(7)8)25(16-29(48)49)36(40,41)42/h10-11,15-16,18-19,27-28H,9,12-14,17H2,1-8H3,(H,46,51). The third-order valence-corrected chi connectivity index (χ3v) is 8.72. The van der Waals surface area contributed by atoms with Crippen LogP contribution in [0.1, 0.15) is 84.6 Å². The van der Waals surface area contributed by atoms with Crippen molar-refractivity contribution in [1.82, 2.24) is 14.8 Å². The van der Waals surface area contributed by atoms with Crippen molar-refractivity contribution in [2.24, 2.45) is 5.92 Å². The van der Waals surface area contributed by atoms with E-state index in [-0.39, 0.29) is 43.0 Å². The number of hydrogen-bond acceptors (Lipinski definition) is 5. The highest BCUT2D eigenvalue weighted by molar-refractivity contribution is 5.82. The van der Waals surface area contributed by atoms with Gasteiger partial charge in [-0.05, 0) is 94.4 Å². The molecule has 1 aromatic heterocycles. The number of carbonyl (C=O) groups excluding carboxylic acids is 2. The molecule has 3 rings (SSSR count). The third kappa shape index (κ3) is 9.78. The second-order valence-corrected chi connectivity index (χ2v) is 13.4. The van der Waals surface area contributed by atoms with Crippen molar-refractivity contribution in [3.8, 4) is 11.1 Å². The van der Waals surface area contributed by atoms with E-state index >= 15 is 8.78 Å². The van der Waals surface area contributed by atoms with Crippen LogP contribution in [-0.2, 0) is 33.1 Å². The average Bonchev–Trinajstić information content (AvgIpc) is 3.01. The molecule has 3 aromatic rings. The van der Waals surface area contributed by atoms with Crippen LogP contribution in [-0.4, -0.2) is 48.6 Å². The second-order valence-electron chi connectivity index (χ2n) is 13.4. The first-order valence-corrected chi connectivity index (χ1v) is 16.6. The van der Waals surface area contributed by atoms with Gasteiger partial charge < -0.3 is 19.5 Å². The van der Waals surface area contributed by atoms with E-state index < -0.39 is 82.2 Å². The molecule has 52 heavy (non-hydrogen) atoms. The van der Waals surface area contributed by atoms with Gasteiger partial charge in [-0.3, -0.25) is 14.4 Å². The summed E-state index contributed by atoms with van der Waals surface area (Å²) in [6.07, 6.45) is -10.7. The van der Waals surface area contributed by atoms with Crippen molar-refractivity contribution in [3.63, 3.8) is 0 Å². The lowest BCUT2D eigenvalue weighted by Crippen LogP contribution is -2.41. The summed E-state index contributed by atoms with van der Waals surface area (Å²) in [5.41, 5.74) is -5.09. The minimum absolute atomic E-state index is 0.0460. The molecule has 0 aliphatic rings. The molecule has 0 saturated heterocycles. The number of ether oxygens (including phenoxy) is 1. The Kier molecular flexibility index (Phi) is 13.5. The topological polar surface area (TPSA) is 80.6 Å². The summed E-state index contributed by atoms with van der Waals surface area (Å²) in [6.45, 7) is 9.36. The molecule has 0 saturated carbocycles. The minimum Gasteiger partial charge on any atom is -0.466 e. The van der Waals surface area contributed by atoms with Crippen LogP contribution in [0.4, 0.5) is 35.1 Å². The molecule has 1 heterocycles. The highest BCUT2D eigenvalue weighted by atomic mass is 19.4. The fourth-order valence-electron chi connectivity index (χ4n) is 6.03. The molecule has 15 heteroatoms. The Morgan fingerprint density at radius 3 is 2.06 bits per heavy atom. The number of esters is 1. The van der Waals surface area contributed by atoms with Gasteiger partial charge in [0.1, 0.15) is 17.7 Å². The summed E-state index contributed by atoms with van der Waals surface area (Å²) in [4.78, 5) is 41.7. The molecule has 0 aliphatic heterocycles. The van der Waals surface area contributed by atoms with Crippen LogP contribution in [0.25, 0.3) is 11.1 Å². The highest BCUT2D eigenvalue weighted by Crippen LogP contribution is 2.42. The van der Waals surface area contributed by atoms with Crippen LogP contribution >= 0.6 is 0 Å². The number of carbonyl (C=O) groups is 2. The summed E-state index contributed by atoms with van der Waals surface area (Å²) in [6, 6.07) is 0.212. The first-order valence-electron chi connectivity index (χ1n) is 16.6. The van der Waals surface area contributed by atoms with Crippen molar-refractivity contribution in [2.75, 3.05) is 27.2 Å². The quantitative estimate of drug-likeness (QED) is 0.141. The summed E-state index contributed by atoms with van der Waals surface area (Å²) < 4.78 is 124. The van der Waals surface area contributed by atoms with E-state index in [2.05, 4.69) is 5.32 Å². The monoisotopic (exact) mass is 745 g/mol. The molecule has 0 aliphatic carbocycles. The Bertz CT molecular complexity index is 1850. The van der Waals surface area contributed by atoms with Crippen molar-refractivity contribution >= 4 is 11.9 Å². The Hall–Kier alpha value is -4.27. The highest BCUT2D eigenvalue weighted by Gasteiger charge is 2.41. The number of alkyl halides is 6. The van der Waals surface area contributed by atoms with Gasteiger partial charge in [0.25, 0.3) is 5.56 Å². The average molecular weight is 746 g/mol. The third-order valence-electron chi connectivity index (χ3n) is 8.72. The lowest BCUT2D eigenvalue weighted by Gasteiger charge is -2.28. The number of pyridine rings is 1. The van der Waals surface area contributed by atoms with Gasteiger partial charge in [0.15, 0.2) is 0 Å². The van der Waals surface area contributed by atoms with Gasteiger partial charge in [0.05, 0.1) is 30.2 Å². The molecule has 0 bridgehead atoms.